The molecule has 0 atom stereocenters. The highest BCUT2D eigenvalue weighted by Crippen LogP contribution is 2.33. The van der Waals surface area contributed by atoms with E-state index in [4.69, 9.17) is 10.4 Å². The number of anilines is 1. The second-order valence-electron chi connectivity index (χ2n) is 5.40. The highest BCUT2D eigenvalue weighted by Gasteiger charge is 2.34. The van der Waals surface area contributed by atoms with Crippen LogP contribution >= 0.6 is 0 Å². The number of carboxylic acid groups (broad SMARTS) is 1. The van der Waals surface area contributed by atoms with Gasteiger partial charge in [-0.05, 0) is 31.0 Å². The zero-order valence-corrected chi connectivity index (χ0v) is 12.4. The van der Waals surface area contributed by atoms with Crippen LogP contribution < -0.4 is 5.32 Å². The molecule has 1 aromatic carbocycles. The largest absolute Gasteiger partial charge is 0.481 e. The van der Waals surface area contributed by atoms with Crippen molar-refractivity contribution in [3.8, 4) is 6.07 Å². The zero-order chi connectivity index (χ0) is 17.9. The summed E-state index contributed by atoms with van der Waals surface area (Å²) in [7, 11) is 0. The number of aliphatic carboxylic acids is 1. The molecule has 1 aliphatic rings. The van der Waals surface area contributed by atoms with E-state index in [9.17, 15) is 22.8 Å². The maximum absolute atomic E-state index is 12.9. The fourth-order valence-corrected chi connectivity index (χ4v) is 2.49. The van der Waals surface area contributed by atoms with Crippen LogP contribution in [0.25, 0.3) is 0 Å². The summed E-state index contributed by atoms with van der Waals surface area (Å²) in [6.45, 7) is 0.427. The third kappa shape index (κ3) is 3.95. The second kappa shape index (κ2) is 6.78. The average molecular weight is 341 g/mol. The van der Waals surface area contributed by atoms with Gasteiger partial charge in [-0.3, -0.25) is 4.79 Å². The van der Waals surface area contributed by atoms with Crippen molar-refractivity contribution in [3.05, 3.63) is 29.3 Å². The number of nitriles is 1. The summed E-state index contributed by atoms with van der Waals surface area (Å²) < 4.78 is 38.7. The molecule has 1 heterocycles. The minimum Gasteiger partial charge on any atom is -0.481 e. The number of rotatable bonds is 2. The Morgan fingerprint density at radius 2 is 1.92 bits per heavy atom. The molecule has 1 fully saturated rings. The van der Waals surface area contributed by atoms with Crippen molar-refractivity contribution >= 4 is 17.7 Å². The Hall–Kier alpha value is -2.76. The van der Waals surface area contributed by atoms with E-state index in [0.29, 0.717) is 18.9 Å². The third-order valence-corrected chi connectivity index (χ3v) is 3.83. The average Bonchev–Trinajstić information content (AvgIpc) is 2.54. The first-order valence-electron chi connectivity index (χ1n) is 7.12. The molecule has 2 rings (SSSR count). The summed E-state index contributed by atoms with van der Waals surface area (Å²) >= 11 is 0. The molecule has 128 valence electrons. The van der Waals surface area contributed by atoms with Crippen molar-refractivity contribution in [2.75, 3.05) is 18.4 Å². The molecule has 0 aromatic heterocycles. The first-order chi connectivity index (χ1) is 11.2. The minimum atomic E-state index is -4.70. The molecule has 0 radical (unpaired) electrons. The van der Waals surface area contributed by atoms with Crippen LogP contribution in [0.4, 0.5) is 23.7 Å². The highest BCUT2D eigenvalue weighted by atomic mass is 19.4. The highest BCUT2D eigenvalue weighted by molar-refractivity contribution is 5.89. The third-order valence-electron chi connectivity index (χ3n) is 3.83. The topological polar surface area (TPSA) is 93.4 Å². The van der Waals surface area contributed by atoms with Crippen LogP contribution in [0.2, 0.25) is 0 Å². The van der Waals surface area contributed by atoms with Crippen LogP contribution in [-0.4, -0.2) is 35.1 Å². The monoisotopic (exact) mass is 341 g/mol. The van der Waals surface area contributed by atoms with Gasteiger partial charge < -0.3 is 15.3 Å². The van der Waals surface area contributed by atoms with Crippen molar-refractivity contribution in [1.82, 2.24) is 4.90 Å². The van der Waals surface area contributed by atoms with Crippen LogP contribution in [0.5, 0.6) is 0 Å². The van der Waals surface area contributed by atoms with Crippen molar-refractivity contribution in [3.63, 3.8) is 0 Å². The lowest BCUT2D eigenvalue weighted by Crippen LogP contribution is -2.42. The molecule has 1 aliphatic heterocycles. The predicted octanol–water partition coefficient (Wildman–Crippen LogP) is 2.91. The van der Waals surface area contributed by atoms with Gasteiger partial charge in [0.2, 0.25) is 0 Å². The number of benzene rings is 1. The Morgan fingerprint density at radius 3 is 2.42 bits per heavy atom. The predicted molar refractivity (Wildman–Crippen MR) is 77.1 cm³/mol. The van der Waals surface area contributed by atoms with E-state index < -0.39 is 35.2 Å². The number of carbonyl (C=O) groups is 2. The number of hydrogen-bond donors (Lipinski definition) is 2. The minimum absolute atomic E-state index is 0.0771. The number of nitrogens with zero attached hydrogens (tertiary/aromatic N) is 2. The lowest BCUT2D eigenvalue weighted by Gasteiger charge is -2.30. The van der Waals surface area contributed by atoms with Gasteiger partial charge in [0.15, 0.2) is 0 Å². The van der Waals surface area contributed by atoms with Gasteiger partial charge in [0.1, 0.15) is 0 Å². The van der Waals surface area contributed by atoms with E-state index in [-0.39, 0.29) is 18.8 Å². The number of hydrogen-bond acceptors (Lipinski definition) is 3. The van der Waals surface area contributed by atoms with Crippen LogP contribution in [0.1, 0.15) is 24.0 Å². The SMILES string of the molecule is N#Cc1ccc(NC(=O)N2CCC(C(=O)O)CC2)cc1C(F)(F)F. The number of carboxylic acids is 1. The molecule has 0 unspecified atom stereocenters. The van der Waals surface area contributed by atoms with Crippen molar-refractivity contribution < 1.29 is 27.9 Å². The molecule has 0 aliphatic carbocycles. The molecule has 1 saturated heterocycles. The van der Waals surface area contributed by atoms with Gasteiger partial charge in [-0.1, -0.05) is 0 Å². The Kier molecular flexibility index (Phi) is 4.97. The molecule has 0 bridgehead atoms. The number of halogens is 3. The standard InChI is InChI=1S/C15H14F3N3O3/c16-15(17,18)12-7-11(2-1-10(12)8-19)20-14(24)21-5-3-9(4-6-21)13(22)23/h1-2,7,9H,3-6H2,(H,20,24)(H,22,23). The number of carbonyl (C=O) groups excluding carboxylic acids is 1. The molecular formula is C15H14F3N3O3. The Bertz CT molecular complexity index is 689. The molecule has 2 amide bonds. The molecule has 6 nitrogen and oxygen atoms in total. The maximum atomic E-state index is 12.9. The van der Waals surface area contributed by atoms with E-state index in [1.54, 1.807) is 0 Å². The van der Waals surface area contributed by atoms with Gasteiger partial charge in [-0.15, -0.1) is 0 Å². The number of urea groups is 1. The van der Waals surface area contributed by atoms with E-state index in [1.165, 1.54) is 17.0 Å². The fourth-order valence-electron chi connectivity index (χ4n) is 2.49. The van der Waals surface area contributed by atoms with Gasteiger partial charge in [-0.25, -0.2) is 4.79 Å². The van der Waals surface area contributed by atoms with Crippen LogP contribution in [0.3, 0.4) is 0 Å². The molecule has 1 aromatic rings. The van der Waals surface area contributed by atoms with E-state index in [0.717, 1.165) is 6.07 Å². The summed E-state index contributed by atoms with van der Waals surface area (Å²) in [6.07, 6.45) is -4.11. The summed E-state index contributed by atoms with van der Waals surface area (Å²) in [4.78, 5) is 24.3. The zero-order valence-electron chi connectivity index (χ0n) is 12.4. The first-order valence-corrected chi connectivity index (χ1v) is 7.12. The molecule has 2 N–H and O–H groups in total. The second-order valence-corrected chi connectivity index (χ2v) is 5.40. The van der Waals surface area contributed by atoms with Gasteiger partial charge >= 0.3 is 18.2 Å². The number of piperidine rings is 1. The Labute approximate surface area is 135 Å². The molecule has 9 heteroatoms. The van der Waals surface area contributed by atoms with E-state index in [2.05, 4.69) is 5.32 Å². The van der Waals surface area contributed by atoms with E-state index in [1.807, 2.05) is 0 Å². The summed E-state index contributed by atoms with van der Waals surface area (Å²) in [5, 5.41) is 20.0. The van der Waals surface area contributed by atoms with Crippen LogP contribution in [0, 0.1) is 17.2 Å². The number of amides is 2. The van der Waals surface area contributed by atoms with Crippen LogP contribution in [-0.2, 0) is 11.0 Å². The number of likely N-dealkylation sites (tertiary alicyclic amines) is 1. The lowest BCUT2D eigenvalue weighted by molar-refractivity contribution is -0.143. The van der Waals surface area contributed by atoms with Crippen molar-refractivity contribution in [2.45, 2.75) is 19.0 Å². The molecule has 0 spiro atoms. The Balaban J connectivity index is 2.08. The summed E-state index contributed by atoms with van der Waals surface area (Å²) in [5.74, 6) is -1.43. The van der Waals surface area contributed by atoms with Crippen molar-refractivity contribution in [1.29, 1.82) is 5.26 Å². The molecule has 24 heavy (non-hydrogen) atoms. The maximum Gasteiger partial charge on any atom is 0.417 e. The van der Waals surface area contributed by atoms with Gasteiger partial charge in [-0.2, -0.15) is 18.4 Å². The quantitative estimate of drug-likeness (QED) is 0.865. The summed E-state index contributed by atoms with van der Waals surface area (Å²) in [5.41, 5.74) is -1.72. The normalized spacial score (nSPS) is 15.7. The smallest absolute Gasteiger partial charge is 0.417 e. The van der Waals surface area contributed by atoms with Gasteiger partial charge in [0, 0.05) is 18.8 Å². The first kappa shape index (κ1) is 17.6. The van der Waals surface area contributed by atoms with Crippen molar-refractivity contribution in [2.24, 2.45) is 5.92 Å². The van der Waals surface area contributed by atoms with Crippen LogP contribution in [0.15, 0.2) is 18.2 Å². The lowest BCUT2D eigenvalue weighted by atomic mass is 9.97. The summed E-state index contributed by atoms with van der Waals surface area (Å²) in [6, 6.07) is 3.78. The van der Waals surface area contributed by atoms with Gasteiger partial charge in [0.25, 0.3) is 0 Å². The molecule has 0 saturated carbocycles. The Morgan fingerprint density at radius 1 is 1.29 bits per heavy atom. The number of alkyl halides is 3. The fraction of sp³-hybridized carbons (Fsp3) is 0.400. The molecular weight excluding hydrogens is 327 g/mol. The number of nitrogens with one attached hydrogen (secondary N) is 1. The van der Waals surface area contributed by atoms with Gasteiger partial charge in [0.05, 0.1) is 23.1 Å². The van der Waals surface area contributed by atoms with E-state index >= 15 is 0 Å².